The molecule has 0 spiro atoms. The Morgan fingerprint density at radius 2 is 1.87 bits per heavy atom. The quantitative estimate of drug-likeness (QED) is 0.294. The number of carbonyl (C=O) groups excluding carboxylic acids is 1. The molecule has 0 aliphatic carbocycles. The van der Waals surface area contributed by atoms with Crippen molar-refractivity contribution in [1.29, 1.82) is 0 Å². The van der Waals surface area contributed by atoms with Gasteiger partial charge < -0.3 is 29.4 Å². The normalized spacial score (nSPS) is 17.2. The van der Waals surface area contributed by atoms with E-state index in [4.69, 9.17) is 19.3 Å². The van der Waals surface area contributed by atoms with Crippen molar-refractivity contribution in [2.75, 3.05) is 52.1 Å². The van der Waals surface area contributed by atoms with Crippen LogP contribution < -0.4 is 5.32 Å². The molecule has 0 saturated heterocycles. The fourth-order valence-corrected chi connectivity index (χ4v) is 4.24. The summed E-state index contributed by atoms with van der Waals surface area (Å²) in [5.74, 6) is -0.239. The number of hydrogen-bond acceptors (Lipinski definition) is 7. The van der Waals surface area contributed by atoms with Crippen LogP contribution in [-0.2, 0) is 30.2 Å². The minimum absolute atomic E-state index is 0.0870. The predicted octanol–water partition coefficient (Wildman–Crippen LogP) is 4.78. The Bertz CT molecular complexity index is 1150. The molecule has 2 aliphatic rings. The van der Waals surface area contributed by atoms with Crippen LogP contribution in [-0.4, -0.2) is 68.3 Å². The van der Waals surface area contributed by atoms with Crippen molar-refractivity contribution in [3.05, 3.63) is 71.0 Å². The highest BCUT2D eigenvalue weighted by molar-refractivity contribution is 6.32. The van der Waals surface area contributed by atoms with E-state index in [1.165, 1.54) is 12.1 Å². The van der Waals surface area contributed by atoms with Gasteiger partial charge in [-0.25, -0.2) is 4.39 Å². The van der Waals surface area contributed by atoms with Crippen molar-refractivity contribution in [3.63, 3.8) is 0 Å². The van der Waals surface area contributed by atoms with E-state index >= 15 is 0 Å². The summed E-state index contributed by atoms with van der Waals surface area (Å²) in [5.41, 5.74) is 3.70. The Morgan fingerprint density at radius 1 is 1.08 bits per heavy atom. The number of ether oxygens (including phenoxy) is 4. The Hall–Kier alpha value is -3.11. The number of aryl methyl sites for hydroxylation is 1. The summed E-state index contributed by atoms with van der Waals surface area (Å²) in [5, 5.41) is 11.0. The number of aliphatic hydroxyl groups excluding tert-OH is 1. The van der Waals surface area contributed by atoms with Gasteiger partial charge in [0.2, 0.25) is 0 Å². The van der Waals surface area contributed by atoms with Crippen molar-refractivity contribution in [3.8, 4) is 0 Å². The number of allylic oxidation sites excluding steroid dienone is 1. The SMILES string of the molecule is CCCOCCCc1ccc(C2=C/C(=C3\C(=O)Nc4ccc(F)cc43)OC2(C)C)cn1.COCCOCCO. The second kappa shape index (κ2) is 14.9. The van der Waals surface area contributed by atoms with Gasteiger partial charge in [0.15, 0.2) is 0 Å². The minimum atomic E-state index is -0.643. The fourth-order valence-electron chi connectivity index (χ4n) is 4.24. The molecule has 39 heavy (non-hydrogen) atoms. The highest BCUT2D eigenvalue weighted by Crippen LogP contribution is 2.44. The number of nitrogens with one attached hydrogen (secondary N) is 1. The maximum atomic E-state index is 13.8. The Morgan fingerprint density at radius 3 is 2.56 bits per heavy atom. The fraction of sp³-hybridized carbons (Fsp3) is 0.467. The van der Waals surface area contributed by atoms with Crippen LogP contribution in [0.15, 0.2) is 48.4 Å². The van der Waals surface area contributed by atoms with Gasteiger partial charge in [0.1, 0.15) is 17.2 Å². The van der Waals surface area contributed by atoms with Crippen LogP contribution in [0, 0.1) is 5.82 Å². The van der Waals surface area contributed by atoms with Crippen LogP contribution in [0.3, 0.4) is 0 Å². The maximum Gasteiger partial charge on any atom is 0.260 e. The molecule has 1 aromatic heterocycles. The molecule has 3 heterocycles. The Labute approximate surface area is 229 Å². The summed E-state index contributed by atoms with van der Waals surface area (Å²) in [4.78, 5) is 17.2. The molecule has 2 aromatic rings. The van der Waals surface area contributed by atoms with Crippen molar-refractivity contribution < 1.29 is 33.2 Å². The summed E-state index contributed by atoms with van der Waals surface area (Å²) in [6, 6.07) is 8.30. The van der Waals surface area contributed by atoms with Gasteiger partial charge in [-0.3, -0.25) is 9.78 Å². The summed E-state index contributed by atoms with van der Waals surface area (Å²) < 4.78 is 35.0. The van der Waals surface area contributed by atoms with Gasteiger partial charge in [0.25, 0.3) is 5.91 Å². The first kappa shape index (κ1) is 30.4. The molecule has 0 unspecified atom stereocenters. The first-order valence-corrected chi connectivity index (χ1v) is 13.3. The van der Waals surface area contributed by atoms with Crippen molar-refractivity contribution in [2.45, 2.75) is 45.6 Å². The van der Waals surface area contributed by atoms with E-state index in [1.807, 2.05) is 38.3 Å². The summed E-state index contributed by atoms with van der Waals surface area (Å²) in [6.45, 7) is 9.19. The molecule has 0 saturated carbocycles. The van der Waals surface area contributed by atoms with Crippen LogP contribution in [0.2, 0.25) is 0 Å². The van der Waals surface area contributed by atoms with E-state index in [-0.39, 0.29) is 12.5 Å². The monoisotopic (exact) mass is 542 g/mol. The second-order valence-corrected chi connectivity index (χ2v) is 9.64. The van der Waals surface area contributed by atoms with Gasteiger partial charge in [-0.2, -0.15) is 0 Å². The van der Waals surface area contributed by atoms with Crippen molar-refractivity contribution >= 4 is 22.7 Å². The molecular formula is C30H39FN2O6. The first-order valence-electron chi connectivity index (χ1n) is 13.3. The van der Waals surface area contributed by atoms with Gasteiger partial charge in [-0.05, 0) is 63.5 Å². The van der Waals surface area contributed by atoms with Crippen LogP contribution in [0.4, 0.5) is 10.1 Å². The van der Waals surface area contributed by atoms with Gasteiger partial charge in [-0.1, -0.05) is 13.0 Å². The van der Waals surface area contributed by atoms with Crippen molar-refractivity contribution in [1.82, 2.24) is 4.98 Å². The molecule has 8 nitrogen and oxygen atoms in total. The molecular weight excluding hydrogens is 503 g/mol. The van der Waals surface area contributed by atoms with E-state index < -0.39 is 11.4 Å². The van der Waals surface area contributed by atoms with E-state index in [9.17, 15) is 9.18 Å². The van der Waals surface area contributed by atoms with Crippen LogP contribution in [0.1, 0.15) is 50.4 Å². The Kier molecular flexibility index (Phi) is 11.6. The number of aliphatic hydroxyl groups is 1. The number of benzene rings is 1. The molecule has 0 radical (unpaired) electrons. The number of aromatic nitrogens is 1. The standard InChI is InChI=1S/C25H27FN2O3.C5H12O3/c1-4-11-30-12-5-6-18-9-7-16(15-27-18)20-14-22(31-25(20,2)3)23-19-13-17(26)8-10-21(19)28-24(23)29;1-7-4-5-8-3-2-6/h7-10,13-15H,4-6,11-12H2,1-3H3,(H,28,29);6H,2-5H2,1H3/b23-22+;. The molecule has 2 aliphatic heterocycles. The average Bonchev–Trinajstić information content (AvgIpc) is 3.41. The number of halogens is 1. The maximum absolute atomic E-state index is 13.8. The lowest BCUT2D eigenvalue weighted by Gasteiger charge is -2.23. The zero-order chi connectivity index (χ0) is 28.3. The molecule has 9 heteroatoms. The summed E-state index contributed by atoms with van der Waals surface area (Å²) in [7, 11) is 1.61. The molecule has 0 fully saturated rings. The smallest absolute Gasteiger partial charge is 0.260 e. The zero-order valence-electron chi connectivity index (χ0n) is 23.2. The number of carbonyl (C=O) groups is 1. The molecule has 1 aromatic carbocycles. The number of rotatable bonds is 12. The van der Waals surface area contributed by atoms with Crippen molar-refractivity contribution in [2.24, 2.45) is 0 Å². The van der Waals surface area contributed by atoms with E-state index in [0.717, 1.165) is 49.3 Å². The third-order valence-corrected chi connectivity index (χ3v) is 6.14. The summed E-state index contributed by atoms with van der Waals surface area (Å²) in [6.07, 6.45) is 6.53. The largest absolute Gasteiger partial charge is 0.482 e. The average molecular weight is 543 g/mol. The van der Waals surface area contributed by atoms with E-state index in [2.05, 4.69) is 22.0 Å². The summed E-state index contributed by atoms with van der Waals surface area (Å²) >= 11 is 0. The van der Waals surface area contributed by atoms with E-state index in [0.29, 0.717) is 42.4 Å². The third-order valence-electron chi connectivity index (χ3n) is 6.14. The third kappa shape index (κ3) is 8.44. The lowest BCUT2D eigenvalue weighted by atomic mass is 9.93. The number of pyridine rings is 1. The molecule has 0 atom stereocenters. The topological polar surface area (TPSA) is 99.1 Å². The zero-order valence-corrected chi connectivity index (χ0v) is 23.2. The minimum Gasteiger partial charge on any atom is -0.482 e. The number of nitrogens with zero attached hydrogens (tertiary/aromatic N) is 1. The number of fused-ring (bicyclic) bond motifs is 1. The number of methoxy groups -OCH3 is 1. The molecule has 1 amide bonds. The number of amides is 1. The second-order valence-electron chi connectivity index (χ2n) is 9.64. The number of hydrogen-bond donors (Lipinski definition) is 2. The van der Waals surface area contributed by atoms with E-state index in [1.54, 1.807) is 13.2 Å². The van der Waals surface area contributed by atoms with Crippen LogP contribution >= 0.6 is 0 Å². The lowest BCUT2D eigenvalue weighted by molar-refractivity contribution is -0.111. The van der Waals surface area contributed by atoms with Crippen LogP contribution in [0.5, 0.6) is 0 Å². The molecule has 4 rings (SSSR count). The molecule has 212 valence electrons. The van der Waals surface area contributed by atoms with Gasteiger partial charge in [0, 0.05) is 54.6 Å². The highest BCUT2D eigenvalue weighted by atomic mass is 19.1. The highest BCUT2D eigenvalue weighted by Gasteiger charge is 2.38. The van der Waals surface area contributed by atoms with Gasteiger partial charge >= 0.3 is 0 Å². The number of anilines is 1. The molecule has 0 bridgehead atoms. The van der Waals surface area contributed by atoms with Gasteiger partial charge in [0.05, 0.1) is 32.0 Å². The molecule has 2 N–H and O–H groups in total. The first-order chi connectivity index (χ1) is 18.8. The van der Waals surface area contributed by atoms with Crippen LogP contribution in [0.25, 0.3) is 11.1 Å². The van der Waals surface area contributed by atoms with Gasteiger partial charge in [-0.15, -0.1) is 0 Å². The predicted molar refractivity (Wildman–Crippen MR) is 149 cm³/mol. The lowest BCUT2D eigenvalue weighted by Crippen LogP contribution is -2.21. The Balaban J connectivity index is 0.000000459.